The summed E-state index contributed by atoms with van der Waals surface area (Å²) < 4.78 is 0. The smallest absolute Gasteiger partial charge is 0.234 e. The second kappa shape index (κ2) is 7.76. The topological polar surface area (TPSA) is 81.2 Å². The Morgan fingerprint density at radius 1 is 0.594 bits per heavy atom. The van der Waals surface area contributed by atoms with E-state index in [1.807, 2.05) is 27.7 Å². The van der Waals surface area contributed by atoms with Crippen LogP contribution in [-0.2, 0) is 19.2 Å². The number of rotatable bonds is 8. The van der Waals surface area contributed by atoms with Gasteiger partial charge in [0, 0.05) is 0 Å². The van der Waals surface area contributed by atoms with Crippen LogP contribution in [-0.4, -0.2) is 82.7 Å². The average molecular weight is 443 g/mol. The summed E-state index contributed by atoms with van der Waals surface area (Å²) in [6, 6.07) is 0. The van der Waals surface area contributed by atoms with Crippen molar-refractivity contribution in [2.45, 2.75) is 27.7 Å². The molecule has 0 N–H and O–H groups in total. The minimum Gasteiger partial charge on any atom is -0.286 e. The number of carbonyl (C=O) groups excluding carboxylic acids is 4. The van der Waals surface area contributed by atoms with E-state index in [9.17, 15) is 19.2 Å². The molecule has 0 unspecified atom stereocenters. The fourth-order valence-electron chi connectivity index (χ4n) is 7.25. The summed E-state index contributed by atoms with van der Waals surface area (Å²) in [6.07, 6.45) is 4.14. The molecule has 0 radical (unpaired) electrons. The molecule has 4 aliphatic carbocycles. The minimum atomic E-state index is -0.380. The zero-order valence-corrected chi connectivity index (χ0v) is 19.4. The summed E-state index contributed by atoms with van der Waals surface area (Å²) in [5.41, 5.74) is 0. The van der Waals surface area contributed by atoms with Gasteiger partial charge in [0.15, 0.2) is 0 Å². The summed E-state index contributed by atoms with van der Waals surface area (Å²) in [4.78, 5) is 60.4. The van der Waals surface area contributed by atoms with Crippen LogP contribution in [0.25, 0.3) is 0 Å². The third-order valence-electron chi connectivity index (χ3n) is 9.00. The number of fused-ring (bicyclic) bond motifs is 1. The van der Waals surface area contributed by atoms with Crippen molar-refractivity contribution in [2.75, 3.05) is 39.5 Å². The zero-order chi connectivity index (χ0) is 22.9. The third kappa shape index (κ3) is 2.68. The first kappa shape index (κ1) is 21.8. The Morgan fingerprint density at radius 2 is 0.906 bits per heavy atom. The molecule has 4 amide bonds. The van der Waals surface area contributed by atoms with Crippen LogP contribution in [0, 0.1) is 47.3 Å². The average Bonchev–Trinajstić information content (AvgIpc) is 3.15. The van der Waals surface area contributed by atoms with Crippen LogP contribution in [0.4, 0.5) is 0 Å². The van der Waals surface area contributed by atoms with E-state index in [4.69, 9.17) is 0 Å². The standard InChI is InChI=1S/C24H34N4O4/c1-5-25(6-2)11-27-21(29)17-13-9-10-14(18(17)22(27)30)16-15(13)19-20(16)24(32)28(23(19)31)12-26(7-3)8-4/h9-10,13-20H,5-8,11-12H2,1-4H3/t13-,14-,15-,16-,17-,18+,19-,20-/m1/s1. The Labute approximate surface area is 189 Å². The Hall–Kier alpha value is -2.06. The highest BCUT2D eigenvalue weighted by Crippen LogP contribution is 2.68. The second-order valence-corrected chi connectivity index (χ2v) is 9.90. The molecule has 2 saturated heterocycles. The number of imide groups is 2. The van der Waals surface area contributed by atoms with Crippen LogP contribution in [0.1, 0.15) is 27.7 Å². The molecule has 2 bridgehead atoms. The molecule has 0 aromatic carbocycles. The van der Waals surface area contributed by atoms with Crippen molar-refractivity contribution in [3.8, 4) is 0 Å². The molecule has 4 fully saturated rings. The molecular weight excluding hydrogens is 408 g/mol. The maximum Gasteiger partial charge on any atom is 0.234 e. The van der Waals surface area contributed by atoms with Gasteiger partial charge in [0.1, 0.15) is 0 Å². The molecule has 8 atom stereocenters. The molecule has 6 aliphatic rings. The fraction of sp³-hybridized carbons (Fsp3) is 0.750. The van der Waals surface area contributed by atoms with Crippen LogP contribution >= 0.6 is 0 Å². The Morgan fingerprint density at radius 3 is 1.22 bits per heavy atom. The van der Waals surface area contributed by atoms with E-state index in [1.54, 1.807) is 0 Å². The monoisotopic (exact) mass is 442 g/mol. The molecule has 0 aromatic heterocycles. The maximum atomic E-state index is 13.4. The zero-order valence-electron chi connectivity index (χ0n) is 19.4. The largest absolute Gasteiger partial charge is 0.286 e. The highest BCUT2D eigenvalue weighted by atomic mass is 16.2. The van der Waals surface area contributed by atoms with Gasteiger partial charge in [-0.05, 0) is 49.9 Å². The lowest BCUT2D eigenvalue weighted by molar-refractivity contribution is -0.166. The molecule has 6 rings (SSSR count). The highest BCUT2D eigenvalue weighted by molar-refractivity contribution is 6.09. The number of hydrogen-bond donors (Lipinski definition) is 0. The summed E-state index contributed by atoms with van der Waals surface area (Å²) in [6.45, 7) is 11.9. The Kier molecular flexibility index (Phi) is 5.28. The number of nitrogens with zero attached hydrogens (tertiary/aromatic N) is 4. The summed E-state index contributed by atoms with van der Waals surface area (Å²) in [5, 5.41) is 0. The van der Waals surface area contributed by atoms with E-state index in [1.165, 1.54) is 9.80 Å². The van der Waals surface area contributed by atoms with Gasteiger partial charge in [-0.3, -0.25) is 38.8 Å². The SMILES string of the molecule is CCN(CC)CN1C(=O)[C@@H]2[C@@H]3C=C[C@@H]([C@@H]2C1=O)[C@H]1[C@H]2C(=O)N(CN(CC)CC)C(=O)[C@@H]2[C@H]31. The van der Waals surface area contributed by atoms with E-state index in [2.05, 4.69) is 22.0 Å². The lowest BCUT2D eigenvalue weighted by Crippen LogP contribution is -2.63. The normalized spacial score (nSPS) is 39.3. The number of carbonyl (C=O) groups is 4. The number of hydrogen-bond acceptors (Lipinski definition) is 6. The van der Waals surface area contributed by atoms with Crippen LogP contribution in [0.5, 0.6) is 0 Å². The molecule has 0 aromatic rings. The molecule has 8 nitrogen and oxygen atoms in total. The second-order valence-electron chi connectivity index (χ2n) is 9.90. The Bertz CT molecular complexity index is 823. The number of amides is 4. The van der Waals surface area contributed by atoms with Gasteiger partial charge in [-0.15, -0.1) is 0 Å². The molecule has 32 heavy (non-hydrogen) atoms. The van der Waals surface area contributed by atoms with Crippen LogP contribution < -0.4 is 0 Å². The van der Waals surface area contributed by atoms with Gasteiger partial charge in [-0.2, -0.15) is 0 Å². The third-order valence-corrected chi connectivity index (χ3v) is 9.00. The van der Waals surface area contributed by atoms with Crippen molar-refractivity contribution >= 4 is 23.6 Å². The van der Waals surface area contributed by atoms with Crippen molar-refractivity contribution in [1.29, 1.82) is 0 Å². The van der Waals surface area contributed by atoms with E-state index in [0.717, 1.165) is 26.2 Å². The van der Waals surface area contributed by atoms with Crippen LogP contribution in [0.2, 0.25) is 0 Å². The first-order chi connectivity index (χ1) is 15.4. The van der Waals surface area contributed by atoms with E-state index < -0.39 is 0 Å². The molecule has 0 spiro atoms. The van der Waals surface area contributed by atoms with E-state index >= 15 is 0 Å². The van der Waals surface area contributed by atoms with Gasteiger partial charge in [0.05, 0.1) is 37.0 Å². The van der Waals surface area contributed by atoms with Gasteiger partial charge in [0.25, 0.3) is 0 Å². The molecular formula is C24H34N4O4. The maximum absolute atomic E-state index is 13.4. The fourth-order valence-corrected chi connectivity index (χ4v) is 7.25. The van der Waals surface area contributed by atoms with Gasteiger partial charge in [-0.25, -0.2) is 0 Å². The van der Waals surface area contributed by atoms with Crippen molar-refractivity contribution in [3.05, 3.63) is 12.2 Å². The summed E-state index contributed by atoms with van der Waals surface area (Å²) >= 11 is 0. The van der Waals surface area contributed by atoms with Gasteiger partial charge in [-0.1, -0.05) is 39.8 Å². The number of allylic oxidation sites excluding steroid dienone is 2. The molecule has 8 heteroatoms. The van der Waals surface area contributed by atoms with Crippen molar-refractivity contribution < 1.29 is 19.2 Å². The van der Waals surface area contributed by atoms with E-state index in [-0.39, 0.29) is 71.0 Å². The van der Waals surface area contributed by atoms with Crippen molar-refractivity contribution in [1.82, 2.24) is 19.6 Å². The summed E-state index contributed by atoms with van der Waals surface area (Å²) in [7, 11) is 0. The lowest BCUT2D eigenvalue weighted by Gasteiger charge is -2.60. The molecule has 2 saturated carbocycles. The van der Waals surface area contributed by atoms with Crippen molar-refractivity contribution in [2.24, 2.45) is 47.3 Å². The first-order valence-electron chi connectivity index (χ1n) is 12.2. The Balaban J connectivity index is 1.41. The van der Waals surface area contributed by atoms with Crippen LogP contribution in [0.15, 0.2) is 12.2 Å². The molecule has 2 heterocycles. The quantitative estimate of drug-likeness (QED) is 0.410. The predicted molar refractivity (Wildman–Crippen MR) is 116 cm³/mol. The number of likely N-dealkylation sites (tertiary alicyclic amines) is 2. The summed E-state index contributed by atoms with van der Waals surface area (Å²) in [5.74, 6) is -2.02. The predicted octanol–water partition coefficient (Wildman–Crippen LogP) is 0.849. The molecule has 2 aliphatic heterocycles. The van der Waals surface area contributed by atoms with Crippen LogP contribution in [0.3, 0.4) is 0 Å². The highest BCUT2D eigenvalue weighted by Gasteiger charge is 2.75. The van der Waals surface area contributed by atoms with Gasteiger partial charge in [0.2, 0.25) is 23.6 Å². The van der Waals surface area contributed by atoms with E-state index in [0.29, 0.717) is 13.3 Å². The van der Waals surface area contributed by atoms with Gasteiger partial charge < -0.3 is 0 Å². The molecule has 174 valence electrons. The minimum absolute atomic E-state index is 0.000411. The van der Waals surface area contributed by atoms with Gasteiger partial charge >= 0.3 is 0 Å². The van der Waals surface area contributed by atoms with Crippen molar-refractivity contribution in [3.63, 3.8) is 0 Å². The first-order valence-corrected chi connectivity index (χ1v) is 12.2. The lowest BCUT2D eigenvalue weighted by atomic mass is 9.40.